The number of guanidine groups is 1. The summed E-state index contributed by atoms with van der Waals surface area (Å²) < 4.78 is 1.74. The zero-order chi connectivity index (χ0) is 20.1. The van der Waals surface area contributed by atoms with Crippen molar-refractivity contribution >= 4 is 41.5 Å². The fourth-order valence-corrected chi connectivity index (χ4v) is 3.59. The SMILES string of the molecule is CCNC(=NCc1ccc(-n2cncn2)cc1)NCC1(c2cccc(Cl)c2)CC1.I. The Labute approximate surface area is 199 Å². The van der Waals surface area contributed by atoms with Gasteiger partial charge in [-0.05, 0) is 55.2 Å². The van der Waals surface area contributed by atoms with E-state index in [9.17, 15) is 0 Å². The van der Waals surface area contributed by atoms with E-state index in [1.54, 1.807) is 11.0 Å². The minimum Gasteiger partial charge on any atom is -0.357 e. The molecule has 1 heterocycles. The van der Waals surface area contributed by atoms with Crippen LogP contribution < -0.4 is 10.6 Å². The molecule has 0 unspecified atom stereocenters. The summed E-state index contributed by atoms with van der Waals surface area (Å²) in [5, 5.41) is 11.8. The van der Waals surface area contributed by atoms with Crippen LogP contribution >= 0.6 is 35.6 Å². The van der Waals surface area contributed by atoms with Crippen molar-refractivity contribution in [1.82, 2.24) is 25.4 Å². The molecule has 2 aromatic carbocycles. The molecule has 30 heavy (non-hydrogen) atoms. The predicted octanol–water partition coefficient (Wildman–Crippen LogP) is 4.33. The normalized spacial score (nSPS) is 14.7. The van der Waals surface area contributed by atoms with Crippen molar-refractivity contribution in [3.8, 4) is 5.69 Å². The van der Waals surface area contributed by atoms with Gasteiger partial charge in [0.1, 0.15) is 12.7 Å². The van der Waals surface area contributed by atoms with E-state index in [-0.39, 0.29) is 29.4 Å². The highest BCUT2D eigenvalue weighted by molar-refractivity contribution is 14.0. The highest BCUT2D eigenvalue weighted by atomic mass is 127. The molecule has 1 saturated carbocycles. The van der Waals surface area contributed by atoms with Crippen molar-refractivity contribution in [2.45, 2.75) is 31.7 Å². The van der Waals surface area contributed by atoms with Crippen LogP contribution in [-0.4, -0.2) is 33.8 Å². The maximum atomic E-state index is 6.19. The average Bonchev–Trinajstić information content (AvgIpc) is 3.34. The first-order chi connectivity index (χ1) is 14.2. The van der Waals surface area contributed by atoms with Crippen molar-refractivity contribution in [3.63, 3.8) is 0 Å². The smallest absolute Gasteiger partial charge is 0.191 e. The number of aromatic nitrogens is 3. The molecule has 158 valence electrons. The lowest BCUT2D eigenvalue weighted by Crippen LogP contribution is -2.41. The van der Waals surface area contributed by atoms with Gasteiger partial charge in [-0.25, -0.2) is 14.7 Å². The molecule has 0 atom stereocenters. The molecular formula is C22H26ClIN6. The Morgan fingerprint density at radius 3 is 2.60 bits per heavy atom. The van der Waals surface area contributed by atoms with Crippen molar-refractivity contribution in [3.05, 3.63) is 77.3 Å². The van der Waals surface area contributed by atoms with E-state index in [0.717, 1.165) is 35.3 Å². The van der Waals surface area contributed by atoms with Gasteiger partial charge in [0.15, 0.2) is 5.96 Å². The van der Waals surface area contributed by atoms with E-state index in [4.69, 9.17) is 16.6 Å². The zero-order valence-corrected chi connectivity index (χ0v) is 20.0. The summed E-state index contributed by atoms with van der Waals surface area (Å²) in [5.41, 5.74) is 3.59. The first-order valence-electron chi connectivity index (χ1n) is 9.91. The maximum Gasteiger partial charge on any atom is 0.191 e. The lowest BCUT2D eigenvalue weighted by Gasteiger charge is -2.19. The molecule has 0 aliphatic heterocycles. The van der Waals surface area contributed by atoms with E-state index in [1.165, 1.54) is 24.7 Å². The Morgan fingerprint density at radius 1 is 1.17 bits per heavy atom. The van der Waals surface area contributed by atoms with Crippen LogP contribution in [0.4, 0.5) is 0 Å². The lowest BCUT2D eigenvalue weighted by atomic mass is 9.96. The molecule has 3 aromatic rings. The summed E-state index contributed by atoms with van der Waals surface area (Å²) in [6.45, 7) is 4.36. The molecular weight excluding hydrogens is 511 g/mol. The molecule has 6 nitrogen and oxygen atoms in total. The van der Waals surface area contributed by atoms with E-state index in [1.807, 2.05) is 24.3 Å². The van der Waals surface area contributed by atoms with Crippen LogP contribution in [0, 0.1) is 0 Å². The van der Waals surface area contributed by atoms with Crippen LogP contribution in [-0.2, 0) is 12.0 Å². The molecule has 0 radical (unpaired) electrons. The minimum atomic E-state index is 0. The number of nitrogens with one attached hydrogen (secondary N) is 2. The van der Waals surface area contributed by atoms with Crippen LogP contribution in [0.3, 0.4) is 0 Å². The van der Waals surface area contributed by atoms with Gasteiger partial charge >= 0.3 is 0 Å². The molecule has 0 spiro atoms. The van der Waals surface area contributed by atoms with Gasteiger partial charge in [-0.1, -0.05) is 35.9 Å². The van der Waals surface area contributed by atoms with Gasteiger partial charge in [-0.15, -0.1) is 24.0 Å². The van der Waals surface area contributed by atoms with Gasteiger partial charge in [-0.3, -0.25) is 0 Å². The summed E-state index contributed by atoms with van der Waals surface area (Å²) in [5.74, 6) is 0.834. The number of nitrogens with zero attached hydrogens (tertiary/aromatic N) is 4. The lowest BCUT2D eigenvalue weighted by molar-refractivity contribution is 0.646. The molecule has 0 saturated heterocycles. The Kier molecular flexibility index (Phi) is 7.71. The zero-order valence-electron chi connectivity index (χ0n) is 16.9. The van der Waals surface area contributed by atoms with Gasteiger partial charge in [-0.2, -0.15) is 5.10 Å². The molecule has 1 aliphatic rings. The Morgan fingerprint density at radius 2 is 1.97 bits per heavy atom. The number of halogens is 2. The topological polar surface area (TPSA) is 67.1 Å². The number of hydrogen-bond donors (Lipinski definition) is 2. The molecule has 2 N–H and O–H groups in total. The first-order valence-corrected chi connectivity index (χ1v) is 10.3. The third kappa shape index (κ3) is 5.51. The van der Waals surface area contributed by atoms with Crippen LogP contribution in [0.2, 0.25) is 5.02 Å². The number of benzene rings is 2. The summed E-state index contributed by atoms with van der Waals surface area (Å²) in [7, 11) is 0. The molecule has 0 amide bonds. The summed E-state index contributed by atoms with van der Waals surface area (Å²) >= 11 is 6.19. The molecule has 1 aliphatic carbocycles. The highest BCUT2D eigenvalue weighted by Gasteiger charge is 2.44. The van der Waals surface area contributed by atoms with Gasteiger partial charge in [0.25, 0.3) is 0 Å². The first kappa shape index (κ1) is 22.6. The molecule has 0 bridgehead atoms. The minimum absolute atomic E-state index is 0. The number of aliphatic imine (C=N–C) groups is 1. The van der Waals surface area contributed by atoms with Gasteiger partial charge in [0.2, 0.25) is 0 Å². The van der Waals surface area contributed by atoms with Gasteiger partial charge in [0, 0.05) is 23.5 Å². The Bertz CT molecular complexity index is 968. The number of hydrogen-bond acceptors (Lipinski definition) is 3. The van der Waals surface area contributed by atoms with Crippen LogP contribution in [0.25, 0.3) is 5.69 Å². The van der Waals surface area contributed by atoms with Crippen molar-refractivity contribution in [1.29, 1.82) is 0 Å². The summed E-state index contributed by atoms with van der Waals surface area (Å²) in [6, 6.07) is 16.4. The highest BCUT2D eigenvalue weighted by Crippen LogP contribution is 2.48. The third-order valence-corrected chi connectivity index (χ3v) is 5.50. The van der Waals surface area contributed by atoms with Crippen molar-refractivity contribution in [2.75, 3.05) is 13.1 Å². The number of rotatable bonds is 7. The van der Waals surface area contributed by atoms with Crippen LogP contribution in [0.5, 0.6) is 0 Å². The van der Waals surface area contributed by atoms with Crippen molar-refractivity contribution < 1.29 is 0 Å². The predicted molar refractivity (Wildman–Crippen MR) is 132 cm³/mol. The fraction of sp³-hybridized carbons (Fsp3) is 0.318. The molecule has 4 rings (SSSR count). The van der Waals surface area contributed by atoms with Gasteiger partial charge in [0.05, 0.1) is 12.2 Å². The average molecular weight is 537 g/mol. The van der Waals surface area contributed by atoms with Crippen LogP contribution in [0.1, 0.15) is 30.9 Å². The summed E-state index contributed by atoms with van der Waals surface area (Å²) in [4.78, 5) is 8.73. The molecule has 1 aromatic heterocycles. The molecule has 8 heteroatoms. The summed E-state index contributed by atoms with van der Waals surface area (Å²) in [6.07, 6.45) is 5.56. The molecule has 1 fully saturated rings. The van der Waals surface area contributed by atoms with Gasteiger partial charge < -0.3 is 10.6 Å². The fourth-order valence-electron chi connectivity index (χ4n) is 3.40. The van der Waals surface area contributed by atoms with E-state index < -0.39 is 0 Å². The largest absolute Gasteiger partial charge is 0.357 e. The quantitative estimate of drug-likeness (QED) is 0.268. The maximum absolute atomic E-state index is 6.19. The Balaban J connectivity index is 0.00000256. The van der Waals surface area contributed by atoms with Crippen molar-refractivity contribution in [2.24, 2.45) is 4.99 Å². The van der Waals surface area contributed by atoms with E-state index in [0.29, 0.717) is 6.54 Å². The van der Waals surface area contributed by atoms with Crippen LogP contribution in [0.15, 0.2) is 66.2 Å². The monoisotopic (exact) mass is 536 g/mol. The van der Waals surface area contributed by atoms with E-state index in [2.05, 4.69) is 51.9 Å². The second-order valence-electron chi connectivity index (χ2n) is 7.35. The second kappa shape index (κ2) is 10.3. The standard InChI is InChI=1S/C22H25ClN6.HI/c1-2-25-21(27-14-22(10-11-22)18-4-3-5-19(23)12-18)26-13-17-6-8-20(9-7-17)29-16-24-15-28-29;/h3-9,12,15-16H,2,10-11,13-14H2,1H3,(H2,25,26,27);1H. The third-order valence-electron chi connectivity index (χ3n) is 5.27. The second-order valence-corrected chi connectivity index (χ2v) is 7.78. The Hall–Kier alpha value is -2.13. The van der Waals surface area contributed by atoms with E-state index >= 15 is 0 Å².